The van der Waals surface area contributed by atoms with Crippen LogP contribution in [0.5, 0.6) is 0 Å². The van der Waals surface area contributed by atoms with E-state index in [0.717, 1.165) is 34.9 Å². The number of nitrogens with zero attached hydrogens (tertiary/aromatic N) is 1. The summed E-state index contributed by atoms with van der Waals surface area (Å²) < 4.78 is 0. The fraction of sp³-hybridized carbons (Fsp3) is 0.533. The average Bonchev–Trinajstić information content (AvgIpc) is 2.87. The molecule has 0 radical (unpaired) electrons. The van der Waals surface area contributed by atoms with Crippen LogP contribution >= 0.6 is 11.8 Å². The van der Waals surface area contributed by atoms with Gasteiger partial charge in [-0.2, -0.15) is 5.26 Å². The molecule has 0 heterocycles. The lowest BCUT2D eigenvalue weighted by Crippen LogP contribution is -2.29. The fourth-order valence-electron chi connectivity index (χ4n) is 2.75. The third-order valence-corrected chi connectivity index (χ3v) is 4.68. The Morgan fingerprint density at radius 3 is 3.00 bits per heavy atom. The van der Waals surface area contributed by atoms with Crippen molar-refractivity contribution in [2.24, 2.45) is 11.7 Å². The second-order valence-electron chi connectivity index (χ2n) is 4.90. The summed E-state index contributed by atoms with van der Waals surface area (Å²) in [6.45, 7) is 2.83. The van der Waals surface area contributed by atoms with Crippen molar-refractivity contribution in [1.82, 2.24) is 0 Å². The van der Waals surface area contributed by atoms with Crippen LogP contribution in [0.4, 0.5) is 5.69 Å². The molecule has 1 aromatic carbocycles. The SMILES string of the molecule is CCSc1cccc(NC2CCCC2CN)c1C#N. The van der Waals surface area contributed by atoms with Gasteiger partial charge in [0, 0.05) is 10.9 Å². The van der Waals surface area contributed by atoms with Gasteiger partial charge in [-0.15, -0.1) is 11.8 Å². The molecule has 0 aromatic heterocycles. The van der Waals surface area contributed by atoms with E-state index in [4.69, 9.17) is 5.73 Å². The number of thioether (sulfide) groups is 1. The highest BCUT2D eigenvalue weighted by molar-refractivity contribution is 7.99. The van der Waals surface area contributed by atoms with Crippen molar-refractivity contribution in [2.75, 3.05) is 17.6 Å². The summed E-state index contributed by atoms with van der Waals surface area (Å²) in [5, 5.41) is 12.9. The molecule has 2 atom stereocenters. The highest BCUT2D eigenvalue weighted by atomic mass is 32.2. The van der Waals surface area contributed by atoms with E-state index >= 15 is 0 Å². The van der Waals surface area contributed by atoms with Gasteiger partial charge in [-0.25, -0.2) is 0 Å². The molecule has 0 aliphatic heterocycles. The minimum absolute atomic E-state index is 0.416. The van der Waals surface area contributed by atoms with E-state index in [9.17, 15) is 5.26 Å². The molecule has 3 N–H and O–H groups in total. The number of hydrogen-bond donors (Lipinski definition) is 2. The van der Waals surface area contributed by atoms with Crippen molar-refractivity contribution in [1.29, 1.82) is 5.26 Å². The lowest BCUT2D eigenvalue weighted by Gasteiger charge is -2.22. The minimum Gasteiger partial charge on any atom is -0.381 e. The smallest absolute Gasteiger partial charge is 0.102 e. The van der Waals surface area contributed by atoms with Crippen LogP contribution in [0.15, 0.2) is 23.1 Å². The van der Waals surface area contributed by atoms with Crippen LogP contribution in [-0.2, 0) is 0 Å². The van der Waals surface area contributed by atoms with Gasteiger partial charge in [0.25, 0.3) is 0 Å². The molecule has 102 valence electrons. The third kappa shape index (κ3) is 3.23. The molecule has 0 spiro atoms. The van der Waals surface area contributed by atoms with Crippen LogP contribution in [0.25, 0.3) is 0 Å². The first kappa shape index (κ1) is 14.2. The van der Waals surface area contributed by atoms with E-state index in [1.165, 1.54) is 12.8 Å². The predicted octanol–water partition coefficient (Wildman–Crippen LogP) is 3.21. The summed E-state index contributed by atoms with van der Waals surface area (Å²) in [7, 11) is 0. The molecule has 19 heavy (non-hydrogen) atoms. The molecular formula is C15H21N3S. The first-order valence-electron chi connectivity index (χ1n) is 6.92. The lowest BCUT2D eigenvalue weighted by atomic mass is 10.0. The van der Waals surface area contributed by atoms with Gasteiger partial charge in [-0.05, 0) is 43.2 Å². The van der Waals surface area contributed by atoms with Crippen molar-refractivity contribution < 1.29 is 0 Å². The van der Waals surface area contributed by atoms with E-state index in [2.05, 4.69) is 18.3 Å². The zero-order valence-corrected chi connectivity index (χ0v) is 12.2. The zero-order valence-electron chi connectivity index (χ0n) is 11.4. The molecule has 2 unspecified atom stereocenters. The zero-order chi connectivity index (χ0) is 13.7. The topological polar surface area (TPSA) is 61.8 Å². The minimum atomic E-state index is 0.416. The van der Waals surface area contributed by atoms with Gasteiger partial charge in [0.1, 0.15) is 6.07 Å². The van der Waals surface area contributed by atoms with E-state index in [1.54, 1.807) is 11.8 Å². The van der Waals surface area contributed by atoms with E-state index in [1.807, 2.05) is 18.2 Å². The molecule has 1 aromatic rings. The second-order valence-corrected chi connectivity index (χ2v) is 6.21. The summed E-state index contributed by atoms with van der Waals surface area (Å²) in [6.07, 6.45) is 3.57. The number of benzene rings is 1. The van der Waals surface area contributed by atoms with Crippen molar-refractivity contribution >= 4 is 17.4 Å². The second kappa shape index (κ2) is 6.83. The fourth-order valence-corrected chi connectivity index (χ4v) is 3.54. The van der Waals surface area contributed by atoms with E-state index < -0.39 is 0 Å². The van der Waals surface area contributed by atoms with Gasteiger partial charge >= 0.3 is 0 Å². The Hall–Kier alpha value is -1.18. The van der Waals surface area contributed by atoms with E-state index in [0.29, 0.717) is 12.0 Å². The Morgan fingerprint density at radius 1 is 1.47 bits per heavy atom. The summed E-state index contributed by atoms with van der Waals surface area (Å²) >= 11 is 1.72. The molecule has 4 heteroatoms. The summed E-state index contributed by atoms with van der Waals surface area (Å²) in [5.74, 6) is 1.52. The van der Waals surface area contributed by atoms with Gasteiger partial charge in [-0.3, -0.25) is 0 Å². The summed E-state index contributed by atoms with van der Waals surface area (Å²) in [6, 6.07) is 8.80. The molecule has 0 saturated heterocycles. The highest BCUT2D eigenvalue weighted by Gasteiger charge is 2.26. The van der Waals surface area contributed by atoms with Crippen LogP contribution in [0, 0.1) is 17.2 Å². The molecule has 1 aliphatic carbocycles. The molecule has 0 amide bonds. The van der Waals surface area contributed by atoms with Crippen molar-refractivity contribution in [2.45, 2.75) is 37.1 Å². The Kier molecular flexibility index (Phi) is 5.12. The quantitative estimate of drug-likeness (QED) is 0.810. The van der Waals surface area contributed by atoms with Gasteiger partial charge in [0.15, 0.2) is 0 Å². The Bertz CT molecular complexity index is 467. The third-order valence-electron chi connectivity index (χ3n) is 3.74. The number of nitriles is 1. The first-order chi connectivity index (χ1) is 9.30. The van der Waals surface area contributed by atoms with Crippen LogP contribution < -0.4 is 11.1 Å². The summed E-state index contributed by atoms with van der Waals surface area (Å²) in [5.41, 5.74) is 7.56. The van der Waals surface area contributed by atoms with Crippen LogP contribution in [0.3, 0.4) is 0 Å². The lowest BCUT2D eigenvalue weighted by molar-refractivity contribution is 0.516. The van der Waals surface area contributed by atoms with Gasteiger partial charge < -0.3 is 11.1 Å². The van der Waals surface area contributed by atoms with Crippen LogP contribution in [0.2, 0.25) is 0 Å². The normalized spacial score (nSPS) is 22.2. The maximum atomic E-state index is 9.39. The maximum Gasteiger partial charge on any atom is 0.102 e. The highest BCUT2D eigenvalue weighted by Crippen LogP contribution is 2.32. The summed E-state index contributed by atoms with van der Waals surface area (Å²) in [4.78, 5) is 1.07. The molecule has 0 bridgehead atoms. The van der Waals surface area contributed by atoms with Gasteiger partial charge in [0.2, 0.25) is 0 Å². The molecule has 1 aliphatic rings. The van der Waals surface area contributed by atoms with Gasteiger partial charge in [0.05, 0.1) is 11.3 Å². The average molecular weight is 275 g/mol. The maximum absolute atomic E-state index is 9.39. The molecule has 3 nitrogen and oxygen atoms in total. The molecule has 2 rings (SSSR count). The van der Waals surface area contributed by atoms with Crippen LogP contribution in [0.1, 0.15) is 31.7 Å². The molecule has 1 saturated carbocycles. The standard InChI is InChI=1S/C15H21N3S/c1-2-19-15-8-4-7-14(12(15)10-17)18-13-6-3-5-11(13)9-16/h4,7-8,11,13,18H,2-3,5-6,9,16H2,1H3. The Morgan fingerprint density at radius 2 is 2.32 bits per heavy atom. The van der Waals surface area contributed by atoms with Crippen molar-refractivity contribution in [3.05, 3.63) is 23.8 Å². The Balaban J connectivity index is 2.20. The van der Waals surface area contributed by atoms with Crippen molar-refractivity contribution in [3.63, 3.8) is 0 Å². The monoisotopic (exact) mass is 275 g/mol. The van der Waals surface area contributed by atoms with E-state index in [-0.39, 0.29) is 0 Å². The predicted molar refractivity (Wildman–Crippen MR) is 81.4 cm³/mol. The molecule has 1 fully saturated rings. The van der Waals surface area contributed by atoms with Crippen molar-refractivity contribution in [3.8, 4) is 6.07 Å². The van der Waals surface area contributed by atoms with Gasteiger partial charge in [-0.1, -0.05) is 19.4 Å². The number of nitrogens with two attached hydrogens (primary N) is 1. The Labute approximate surface area is 119 Å². The number of anilines is 1. The van der Waals surface area contributed by atoms with Crippen LogP contribution in [-0.4, -0.2) is 18.3 Å². The number of rotatable bonds is 5. The largest absolute Gasteiger partial charge is 0.381 e. The number of hydrogen-bond acceptors (Lipinski definition) is 4. The first-order valence-corrected chi connectivity index (χ1v) is 7.91. The number of nitrogens with one attached hydrogen (secondary N) is 1. The molecular weight excluding hydrogens is 254 g/mol.